The van der Waals surface area contributed by atoms with Gasteiger partial charge in [-0.05, 0) is 18.1 Å². The van der Waals surface area contributed by atoms with Crippen LogP contribution < -0.4 is 10.6 Å². The third-order valence-corrected chi connectivity index (χ3v) is 4.12. The number of carbonyl (C=O) groups is 1. The highest BCUT2D eigenvalue weighted by molar-refractivity contribution is 5.81. The van der Waals surface area contributed by atoms with E-state index in [0.29, 0.717) is 32.0 Å². The van der Waals surface area contributed by atoms with E-state index in [0.717, 1.165) is 5.56 Å². The zero-order valence-electron chi connectivity index (χ0n) is 15.8. The minimum Gasteiger partial charge on any atom is -0.356 e. The van der Waals surface area contributed by atoms with Gasteiger partial charge in [0, 0.05) is 40.2 Å². The molecule has 0 bridgehead atoms. The molecule has 26 heavy (non-hydrogen) atoms. The van der Waals surface area contributed by atoms with Crippen molar-refractivity contribution < 1.29 is 4.79 Å². The van der Waals surface area contributed by atoms with Gasteiger partial charge in [-0.25, -0.2) is 0 Å². The van der Waals surface area contributed by atoms with Crippen LogP contribution in [0.2, 0.25) is 0 Å². The van der Waals surface area contributed by atoms with E-state index in [9.17, 15) is 4.79 Å². The van der Waals surface area contributed by atoms with Crippen LogP contribution in [0.1, 0.15) is 23.1 Å². The minimum absolute atomic E-state index is 0.107. The second kappa shape index (κ2) is 10.2. The zero-order valence-corrected chi connectivity index (χ0v) is 15.8. The molecule has 0 radical (unpaired) electrons. The summed E-state index contributed by atoms with van der Waals surface area (Å²) in [5.41, 5.74) is 3.57. The molecule has 138 valence electrons. The van der Waals surface area contributed by atoms with E-state index >= 15 is 0 Å². The molecule has 0 aliphatic rings. The maximum absolute atomic E-state index is 12.3. The molecular weight excluding hydrogens is 324 g/mol. The lowest BCUT2D eigenvalue weighted by atomic mass is 10.1. The number of hydrogen-bond donors (Lipinski definition) is 2. The fraction of sp³-hybridized carbons (Fsp3) is 0.333. The molecule has 0 aliphatic heterocycles. The Bertz CT molecular complexity index is 711. The fourth-order valence-corrected chi connectivity index (χ4v) is 2.54. The molecule has 0 saturated heterocycles. The smallest absolute Gasteiger partial charge is 0.224 e. The predicted octanol–water partition coefficient (Wildman–Crippen LogP) is 2.71. The number of aliphatic imine (C=N–C) groups is 1. The van der Waals surface area contributed by atoms with Gasteiger partial charge < -0.3 is 15.5 Å². The number of carbonyl (C=O) groups excluding carboxylic acids is 1. The lowest BCUT2D eigenvalue weighted by molar-refractivity contribution is -0.130. The summed E-state index contributed by atoms with van der Waals surface area (Å²) in [5.74, 6) is 0.805. The van der Waals surface area contributed by atoms with Gasteiger partial charge >= 0.3 is 0 Å². The second-order valence-corrected chi connectivity index (χ2v) is 6.32. The zero-order chi connectivity index (χ0) is 18.8. The highest BCUT2D eigenvalue weighted by atomic mass is 16.2. The Kier molecular flexibility index (Phi) is 7.68. The molecule has 2 N–H and O–H groups in total. The topological polar surface area (TPSA) is 56.7 Å². The maximum atomic E-state index is 12.3. The summed E-state index contributed by atoms with van der Waals surface area (Å²) in [4.78, 5) is 18.2. The van der Waals surface area contributed by atoms with Crippen molar-refractivity contribution in [2.75, 3.05) is 20.6 Å². The molecular formula is C21H28N4O. The monoisotopic (exact) mass is 352 g/mol. The standard InChI is InChI=1S/C21H28N4O/c1-17-9-11-18(12-10-17)15-24-21(22-2)23-14-13-20(26)25(3)16-19-7-5-4-6-8-19/h4-12H,13-16H2,1-3H3,(H2,22,23,24). The lowest BCUT2D eigenvalue weighted by Crippen LogP contribution is -2.39. The Balaban J connectivity index is 1.70. The molecule has 2 rings (SSSR count). The predicted molar refractivity (Wildman–Crippen MR) is 107 cm³/mol. The van der Waals surface area contributed by atoms with Gasteiger partial charge in [0.2, 0.25) is 5.91 Å². The Morgan fingerprint density at radius 1 is 1.00 bits per heavy atom. The first-order valence-corrected chi connectivity index (χ1v) is 8.86. The van der Waals surface area contributed by atoms with E-state index in [-0.39, 0.29) is 5.91 Å². The maximum Gasteiger partial charge on any atom is 0.224 e. The first-order valence-electron chi connectivity index (χ1n) is 8.86. The average Bonchev–Trinajstić information content (AvgIpc) is 2.66. The number of amides is 1. The quantitative estimate of drug-likeness (QED) is 0.595. The van der Waals surface area contributed by atoms with E-state index in [4.69, 9.17) is 0 Å². The molecule has 0 fully saturated rings. The largest absolute Gasteiger partial charge is 0.356 e. The van der Waals surface area contributed by atoms with Crippen LogP contribution in [0.4, 0.5) is 0 Å². The van der Waals surface area contributed by atoms with Crippen LogP contribution in [0.5, 0.6) is 0 Å². The molecule has 0 heterocycles. The van der Waals surface area contributed by atoms with Crippen molar-refractivity contribution >= 4 is 11.9 Å². The van der Waals surface area contributed by atoms with Crippen LogP contribution in [0, 0.1) is 6.92 Å². The highest BCUT2D eigenvalue weighted by Gasteiger charge is 2.09. The molecule has 5 nitrogen and oxygen atoms in total. The number of benzene rings is 2. The van der Waals surface area contributed by atoms with Crippen LogP contribution in [-0.2, 0) is 17.9 Å². The van der Waals surface area contributed by atoms with E-state index in [1.165, 1.54) is 11.1 Å². The number of hydrogen-bond acceptors (Lipinski definition) is 2. The van der Waals surface area contributed by atoms with Gasteiger partial charge in [-0.2, -0.15) is 0 Å². The summed E-state index contributed by atoms with van der Waals surface area (Å²) in [7, 11) is 3.56. The third-order valence-electron chi connectivity index (χ3n) is 4.12. The molecule has 2 aromatic rings. The Labute approximate surface area is 156 Å². The molecule has 0 aromatic heterocycles. The first kappa shape index (κ1) is 19.5. The Morgan fingerprint density at radius 2 is 1.69 bits per heavy atom. The Morgan fingerprint density at radius 3 is 2.35 bits per heavy atom. The molecule has 1 amide bonds. The van der Waals surface area contributed by atoms with Crippen molar-refractivity contribution in [1.29, 1.82) is 0 Å². The van der Waals surface area contributed by atoms with E-state index in [1.54, 1.807) is 11.9 Å². The van der Waals surface area contributed by atoms with Gasteiger partial charge in [0.1, 0.15) is 0 Å². The number of nitrogens with one attached hydrogen (secondary N) is 2. The summed E-state index contributed by atoms with van der Waals surface area (Å²) in [6.07, 6.45) is 0.425. The molecule has 0 saturated carbocycles. The van der Waals surface area contributed by atoms with Crippen molar-refractivity contribution in [3.63, 3.8) is 0 Å². The average molecular weight is 352 g/mol. The normalized spacial score (nSPS) is 11.1. The highest BCUT2D eigenvalue weighted by Crippen LogP contribution is 2.04. The molecule has 0 spiro atoms. The number of aryl methyl sites for hydroxylation is 1. The van der Waals surface area contributed by atoms with Crippen LogP contribution in [0.3, 0.4) is 0 Å². The van der Waals surface area contributed by atoms with Crippen molar-refractivity contribution in [2.45, 2.75) is 26.4 Å². The summed E-state index contributed by atoms with van der Waals surface area (Å²) < 4.78 is 0. The van der Waals surface area contributed by atoms with Crippen molar-refractivity contribution in [3.8, 4) is 0 Å². The minimum atomic E-state index is 0.107. The van der Waals surface area contributed by atoms with Gasteiger partial charge in [0.15, 0.2) is 5.96 Å². The third kappa shape index (κ3) is 6.59. The van der Waals surface area contributed by atoms with Crippen molar-refractivity contribution in [1.82, 2.24) is 15.5 Å². The fourth-order valence-electron chi connectivity index (χ4n) is 2.54. The van der Waals surface area contributed by atoms with Crippen LogP contribution in [0.25, 0.3) is 0 Å². The van der Waals surface area contributed by atoms with Gasteiger partial charge in [-0.15, -0.1) is 0 Å². The molecule has 0 atom stereocenters. The lowest BCUT2D eigenvalue weighted by Gasteiger charge is -2.18. The van der Waals surface area contributed by atoms with E-state index in [1.807, 2.05) is 37.4 Å². The number of nitrogens with zero attached hydrogens (tertiary/aromatic N) is 2. The van der Waals surface area contributed by atoms with Gasteiger partial charge in [-0.3, -0.25) is 9.79 Å². The van der Waals surface area contributed by atoms with Crippen LogP contribution in [0.15, 0.2) is 59.6 Å². The Hall–Kier alpha value is -2.82. The second-order valence-electron chi connectivity index (χ2n) is 6.32. The van der Waals surface area contributed by atoms with Gasteiger partial charge in [-0.1, -0.05) is 60.2 Å². The molecule has 0 unspecified atom stereocenters. The van der Waals surface area contributed by atoms with Crippen molar-refractivity contribution in [2.24, 2.45) is 4.99 Å². The summed E-state index contributed by atoms with van der Waals surface area (Å²) in [6, 6.07) is 18.4. The molecule has 0 aliphatic carbocycles. The van der Waals surface area contributed by atoms with Gasteiger partial charge in [0.05, 0.1) is 0 Å². The SMILES string of the molecule is CN=C(NCCC(=O)N(C)Cc1ccccc1)NCc1ccc(C)cc1. The summed E-state index contributed by atoms with van der Waals surface area (Å²) >= 11 is 0. The number of guanidine groups is 1. The van der Waals surface area contributed by atoms with Gasteiger partial charge in [0.25, 0.3) is 0 Å². The van der Waals surface area contributed by atoms with Crippen LogP contribution >= 0.6 is 0 Å². The van der Waals surface area contributed by atoms with Crippen molar-refractivity contribution in [3.05, 3.63) is 71.3 Å². The summed E-state index contributed by atoms with van der Waals surface area (Å²) in [5, 5.41) is 6.45. The molecule has 5 heteroatoms. The molecule has 2 aromatic carbocycles. The van der Waals surface area contributed by atoms with E-state index < -0.39 is 0 Å². The summed E-state index contributed by atoms with van der Waals surface area (Å²) in [6.45, 7) is 3.94. The van der Waals surface area contributed by atoms with E-state index in [2.05, 4.69) is 46.8 Å². The number of rotatable bonds is 7. The first-order chi connectivity index (χ1) is 12.6. The van der Waals surface area contributed by atoms with Crippen LogP contribution in [-0.4, -0.2) is 37.4 Å².